The first kappa shape index (κ1) is 23.6. The summed E-state index contributed by atoms with van der Waals surface area (Å²) >= 11 is 0. The molecule has 1 aliphatic rings. The number of aromatic nitrogens is 2. The lowest BCUT2D eigenvalue weighted by atomic mass is 9.71. The Balaban J connectivity index is 2.45. The second-order valence-corrected chi connectivity index (χ2v) is 9.43. The van der Waals surface area contributed by atoms with Crippen LogP contribution in [0.25, 0.3) is 0 Å². The van der Waals surface area contributed by atoms with Crippen LogP contribution >= 0.6 is 0 Å². The third-order valence-corrected chi connectivity index (χ3v) is 6.85. The Kier molecular flexibility index (Phi) is 7.75. The molecule has 0 aromatic carbocycles. The van der Waals surface area contributed by atoms with Crippen molar-refractivity contribution in [1.82, 2.24) is 14.7 Å². The van der Waals surface area contributed by atoms with Gasteiger partial charge in [0.1, 0.15) is 0 Å². The second kappa shape index (κ2) is 9.86. The maximum atomic E-state index is 12.7. The molecule has 7 nitrogen and oxygen atoms in total. The number of aromatic amines is 1. The van der Waals surface area contributed by atoms with E-state index in [-0.39, 0.29) is 0 Å². The number of imidazole rings is 1. The number of allylic oxidation sites excluding steroid dienone is 9. The molecule has 1 heterocycles. The molecule has 8 heteroatoms. The highest BCUT2D eigenvalue weighted by Crippen LogP contribution is 2.44. The molecule has 0 aliphatic heterocycles. The Morgan fingerprint density at radius 2 is 2.03 bits per heavy atom. The minimum Gasteiger partial charge on any atom is -0.478 e. The van der Waals surface area contributed by atoms with Gasteiger partial charge < -0.3 is 10.1 Å². The van der Waals surface area contributed by atoms with Gasteiger partial charge in [-0.3, -0.25) is 0 Å². The number of carboxylic acids is 1. The lowest BCUT2D eigenvalue weighted by Gasteiger charge is -2.36. The summed E-state index contributed by atoms with van der Waals surface area (Å²) in [5, 5.41) is 8.76. The van der Waals surface area contributed by atoms with E-state index in [9.17, 15) is 13.2 Å². The number of nitrogens with one attached hydrogen (secondary N) is 2. The van der Waals surface area contributed by atoms with Crippen molar-refractivity contribution < 1.29 is 18.3 Å². The van der Waals surface area contributed by atoms with Crippen molar-refractivity contribution in [2.75, 3.05) is 7.05 Å². The third-order valence-electron chi connectivity index (χ3n) is 5.24. The number of rotatable bonds is 8. The van der Waals surface area contributed by atoms with Crippen molar-refractivity contribution in [3.8, 4) is 0 Å². The number of nitrogens with zero attached hydrogens (tertiary/aromatic N) is 1. The number of carboxylic acid groups (broad SMARTS) is 1. The van der Waals surface area contributed by atoms with Gasteiger partial charge in [-0.1, -0.05) is 36.0 Å². The van der Waals surface area contributed by atoms with Crippen LogP contribution in [0.5, 0.6) is 0 Å². The quantitative estimate of drug-likeness (QED) is 0.429. The van der Waals surface area contributed by atoms with Gasteiger partial charge in [0.15, 0.2) is 0 Å². The molecule has 1 atom stereocenters. The molecule has 0 saturated heterocycles. The Morgan fingerprint density at radius 3 is 2.63 bits per heavy atom. The van der Waals surface area contributed by atoms with Gasteiger partial charge in [-0.25, -0.2) is 22.9 Å². The van der Waals surface area contributed by atoms with E-state index in [1.807, 2.05) is 32.1 Å². The summed E-state index contributed by atoms with van der Waals surface area (Å²) in [4.78, 5) is 18.3. The normalized spacial score (nSPS) is 21.7. The molecule has 3 N–H and O–H groups in total. The molecule has 0 fully saturated rings. The van der Waals surface area contributed by atoms with Crippen molar-refractivity contribution in [2.45, 2.75) is 45.4 Å². The molecule has 162 valence electrons. The molecular formula is C22H29N3O4S. The van der Waals surface area contributed by atoms with Gasteiger partial charge in [0.2, 0.25) is 10.0 Å². The van der Waals surface area contributed by atoms with E-state index >= 15 is 0 Å². The number of hydrogen-bond donors (Lipinski definition) is 3. The molecular weight excluding hydrogens is 402 g/mol. The minimum atomic E-state index is -3.57. The first-order chi connectivity index (χ1) is 14.1. The lowest BCUT2D eigenvalue weighted by Crippen LogP contribution is -2.33. The molecule has 0 bridgehead atoms. The van der Waals surface area contributed by atoms with Crippen LogP contribution in [0.2, 0.25) is 0 Å². The Labute approximate surface area is 178 Å². The van der Waals surface area contributed by atoms with Crippen LogP contribution in [-0.4, -0.2) is 36.5 Å². The fourth-order valence-electron chi connectivity index (χ4n) is 3.56. The number of carbonyl (C=O) groups is 1. The molecule has 1 aromatic heterocycles. The van der Waals surface area contributed by atoms with Crippen molar-refractivity contribution in [1.29, 1.82) is 0 Å². The average molecular weight is 432 g/mol. The summed E-state index contributed by atoms with van der Waals surface area (Å²) in [5.74, 6) is -0.988. The molecule has 0 radical (unpaired) electrons. The molecule has 0 saturated carbocycles. The number of H-pyrrole nitrogens is 1. The van der Waals surface area contributed by atoms with Gasteiger partial charge in [-0.05, 0) is 58.2 Å². The number of hydrogen-bond acceptors (Lipinski definition) is 4. The molecule has 1 aliphatic carbocycles. The Hall–Kier alpha value is -2.71. The van der Waals surface area contributed by atoms with E-state index in [0.717, 1.165) is 35.8 Å². The van der Waals surface area contributed by atoms with E-state index < -0.39 is 21.4 Å². The van der Waals surface area contributed by atoms with Gasteiger partial charge in [0, 0.05) is 23.4 Å². The molecule has 0 spiro atoms. The summed E-state index contributed by atoms with van der Waals surface area (Å²) in [6.07, 6.45) is 15.6. The van der Waals surface area contributed by atoms with E-state index in [0.29, 0.717) is 16.9 Å². The Bertz CT molecular complexity index is 1030. The van der Waals surface area contributed by atoms with Crippen LogP contribution in [0.4, 0.5) is 0 Å². The average Bonchev–Trinajstić information content (AvgIpc) is 3.21. The zero-order chi connectivity index (χ0) is 22.4. The predicted octanol–water partition coefficient (Wildman–Crippen LogP) is 3.74. The molecule has 30 heavy (non-hydrogen) atoms. The zero-order valence-electron chi connectivity index (χ0n) is 17.8. The van der Waals surface area contributed by atoms with Crippen molar-refractivity contribution in [3.05, 3.63) is 76.3 Å². The summed E-state index contributed by atoms with van der Waals surface area (Å²) < 4.78 is 27.8. The lowest BCUT2D eigenvalue weighted by molar-refractivity contribution is -0.131. The minimum absolute atomic E-state index is 0.396. The first-order valence-electron chi connectivity index (χ1n) is 9.70. The fraction of sp³-hybridized carbons (Fsp3) is 0.364. The van der Waals surface area contributed by atoms with Gasteiger partial charge in [0.25, 0.3) is 0 Å². The van der Waals surface area contributed by atoms with Crippen LogP contribution in [0.15, 0.2) is 70.6 Å². The summed E-state index contributed by atoms with van der Waals surface area (Å²) in [5.41, 5.74) is 2.65. The highest BCUT2D eigenvalue weighted by molar-refractivity contribution is 7.93. The van der Waals surface area contributed by atoms with Gasteiger partial charge >= 0.3 is 5.97 Å². The summed E-state index contributed by atoms with van der Waals surface area (Å²) in [6, 6.07) is 0. The summed E-state index contributed by atoms with van der Waals surface area (Å²) in [6.45, 7) is 5.64. The predicted molar refractivity (Wildman–Crippen MR) is 118 cm³/mol. The van der Waals surface area contributed by atoms with Gasteiger partial charge in [-0.15, -0.1) is 0 Å². The maximum Gasteiger partial charge on any atom is 0.328 e. The van der Waals surface area contributed by atoms with Crippen molar-refractivity contribution in [3.63, 3.8) is 0 Å². The molecule has 2 rings (SSSR count). The van der Waals surface area contributed by atoms with Gasteiger partial charge in [-0.2, -0.15) is 0 Å². The van der Waals surface area contributed by atoms with Crippen molar-refractivity contribution in [2.24, 2.45) is 0 Å². The SMILES string of the molecule is CNS(=O)(=O)C1=C(/C=C/C(C)=C/C=C/C(C)=C/C(=O)O)[C@@](C)(c2cnc[nH]2)CCC1. The first-order valence-corrected chi connectivity index (χ1v) is 11.2. The van der Waals surface area contributed by atoms with Crippen LogP contribution < -0.4 is 4.72 Å². The summed E-state index contributed by atoms with van der Waals surface area (Å²) in [7, 11) is -2.15. The zero-order valence-corrected chi connectivity index (χ0v) is 18.6. The number of sulfonamides is 1. The van der Waals surface area contributed by atoms with Crippen LogP contribution in [0.3, 0.4) is 0 Å². The van der Waals surface area contributed by atoms with Crippen molar-refractivity contribution >= 4 is 16.0 Å². The molecule has 1 aromatic rings. The van der Waals surface area contributed by atoms with E-state index in [1.54, 1.807) is 31.6 Å². The smallest absolute Gasteiger partial charge is 0.328 e. The fourth-order valence-corrected chi connectivity index (χ4v) is 4.80. The largest absolute Gasteiger partial charge is 0.478 e. The Morgan fingerprint density at radius 1 is 1.30 bits per heavy atom. The molecule has 0 unspecified atom stereocenters. The standard InChI is InChI=1S/C22H29N3O4S/c1-16(7-5-8-17(2)13-21(26)27)10-11-18-19(30(28,29)23-4)9-6-12-22(18,3)20-14-24-15-25-20/h5,7-8,10-11,13-15,23H,6,9,12H2,1-4H3,(H,24,25)(H,26,27)/b8-5+,11-10+,16-7+,17-13+/t22-/m0/s1. The number of aliphatic carboxylic acids is 1. The van der Waals surface area contributed by atoms with E-state index in [1.165, 1.54) is 7.05 Å². The van der Waals surface area contributed by atoms with Crippen LogP contribution in [0.1, 0.15) is 45.7 Å². The highest BCUT2D eigenvalue weighted by atomic mass is 32.2. The maximum absolute atomic E-state index is 12.7. The topological polar surface area (TPSA) is 112 Å². The van der Waals surface area contributed by atoms with E-state index in [4.69, 9.17) is 5.11 Å². The van der Waals surface area contributed by atoms with Crippen LogP contribution in [0, 0.1) is 0 Å². The monoisotopic (exact) mass is 431 g/mol. The van der Waals surface area contributed by atoms with E-state index in [2.05, 4.69) is 14.7 Å². The third kappa shape index (κ3) is 5.67. The van der Waals surface area contributed by atoms with Crippen LogP contribution in [-0.2, 0) is 20.2 Å². The van der Waals surface area contributed by atoms with Gasteiger partial charge in [0.05, 0.1) is 11.2 Å². The molecule has 0 amide bonds. The highest BCUT2D eigenvalue weighted by Gasteiger charge is 2.39. The second-order valence-electron chi connectivity index (χ2n) is 7.53.